The number of benzene rings is 2. The zero-order valence-electron chi connectivity index (χ0n) is 9.97. The Bertz CT molecular complexity index is 500. The van der Waals surface area contributed by atoms with Crippen molar-refractivity contribution in [2.75, 3.05) is 0 Å². The van der Waals surface area contributed by atoms with Crippen molar-refractivity contribution in [1.29, 1.82) is 0 Å². The van der Waals surface area contributed by atoms with Gasteiger partial charge in [-0.25, -0.2) is 0 Å². The molecule has 0 saturated heterocycles. The van der Waals surface area contributed by atoms with Crippen molar-refractivity contribution in [3.8, 4) is 0 Å². The maximum absolute atomic E-state index is 6.25. The molecule has 0 aliphatic rings. The van der Waals surface area contributed by atoms with E-state index in [0.29, 0.717) is 0 Å². The van der Waals surface area contributed by atoms with Gasteiger partial charge in [-0.3, -0.25) is 0 Å². The van der Waals surface area contributed by atoms with Crippen molar-refractivity contribution in [2.24, 2.45) is 5.73 Å². The number of rotatable bonds is 3. The van der Waals surface area contributed by atoms with Crippen LogP contribution >= 0.6 is 35.8 Å². The number of hydrogen-bond acceptors (Lipinski definition) is 2. The lowest BCUT2D eigenvalue weighted by molar-refractivity contribution is 0.817. The molecule has 2 aromatic carbocycles. The lowest BCUT2D eigenvalue weighted by atomic mass is 10.1. The Labute approximate surface area is 123 Å². The molecule has 2 rings (SSSR count). The van der Waals surface area contributed by atoms with Crippen LogP contribution in [0.2, 0.25) is 5.02 Å². The van der Waals surface area contributed by atoms with E-state index in [2.05, 4.69) is 12.1 Å². The van der Waals surface area contributed by atoms with E-state index in [-0.39, 0.29) is 18.4 Å². The van der Waals surface area contributed by atoms with E-state index >= 15 is 0 Å². The molecule has 1 atom stereocenters. The fourth-order valence-corrected chi connectivity index (χ4v) is 2.64. The van der Waals surface area contributed by atoms with Crippen molar-refractivity contribution >= 4 is 35.8 Å². The predicted molar refractivity (Wildman–Crippen MR) is 81.9 cm³/mol. The molecule has 0 amide bonds. The van der Waals surface area contributed by atoms with Gasteiger partial charge in [-0.2, -0.15) is 0 Å². The Morgan fingerprint density at radius 3 is 2.33 bits per heavy atom. The molecule has 4 heteroatoms. The molecule has 0 aromatic heterocycles. The van der Waals surface area contributed by atoms with E-state index in [1.54, 1.807) is 11.8 Å². The van der Waals surface area contributed by atoms with Crippen LogP contribution in [0.5, 0.6) is 0 Å². The van der Waals surface area contributed by atoms with Gasteiger partial charge in [0.15, 0.2) is 0 Å². The molecule has 18 heavy (non-hydrogen) atoms. The second-order valence-electron chi connectivity index (χ2n) is 3.89. The van der Waals surface area contributed by atoms with Gasteiger partial charge in [0.25, 0.3) is 0 Å². The second kappa shape index (κ2) is 7.05. The molecule has 2 aromatic rings. The van der Waals surface area contributed by atoms with Gasteiger partial charge in [0.2, 0.25) is 0 Å². The first-order chi connectivity index (χ1) is 8.16. The number of hydrogen-bond donors (Lipinski definition) is 1. The highest BCUT2D eigenvalue weighted by atomic mass is 35.5. The monoisotopic (exact) mass is 299 g/mol. The molecule has 2 N–H and O–H groups in total. The molecule has 96 valence electrons. The maximum atomic E-state index is 6.25. The quantitative estimate of drug-likeness (QED) is 0.869. The maximum Gasteiger partial charge on any atom is 0.0548 e. The Morgan fingerprint density at radius 1 is 1.11 bits per heavy atom. The minimum Gasteiger partial charge on any atom is -0.324 e. The third-order valence-corrected chi connectivity index (χ3v) is 3.96. The molecular formula is C14H15Cl2NS. The predicted octanol–water partition coefficient (Wildman–Crippen LogP) is 4.93. The molecule has 0 heterocycles. The van der Waals surface area contributed by atoms with Crippen molar-refractivity contribution in [2.45, 2.75) is 22.8 Å². The van der Waals surface area contributed by atoms with Crippen LogP contribution in [-0.4, -0.2) is 0 Å². The highest BCUT2D eigenvalue weighted by Crippen LogP contribution is 2.34. The minimum absolute atomic E-state index is 0. The van der Waals surface area contributed by atoms with Crippen LogP contribution in [0, 0.1) is 0 Å². The first kappa shape index (κ1) is 15.4. The molecule has 0 fully saturated rings. The van der Waals surface area contributed by atoms with Crippen molar-refractivity contribution < 1.29 is 0 Å². The van der Waals surface area contributed by atoms with Crippen LogP contribution in [-0.2, 0) is 0 Å². The van der Waals surface area contributed by atoms with E-state index in [0.717, 1.165) is 15.5 Å². The van der Waals surface area contributed by atoms with E-state index < -0.39 is 0 Å². The summed E-state index contributed by atoms with van der Waals surface area (Å²) in [4.78, 5) is 2.24. The van der Waals surface area contributed by atoms with Crippen molar-refractivity contribution in [3.63, 3.8) is 0 Å². The fraction of sp³-hybridized carbons (Fsp3) is 0.143. The molecule has 0 spiro atoms. The van der Waals surface area contributed by atoms with Crippen LogP contribution < -0.4 is 5.73 Å². The smallest absolute Gasteiger partial charge is 0.0548 e. The first-order valence-corrected chi connectivity index (χ1v) is 6.64. The highest BCUT2D eigenvalue weighted by molar-refractivity contribution is 7.99. The zero-order valence-corrected chi connectivity index (χ0v) is 12.4. The van der Waals surface area contributed by atoms with E-state index in [4.69, 9.17) is 17.3 Å². The SMILES string of the molecule is CC(N)c1ccc(Sc2ccccc2)c(Cl)c1.Cl. The van der Waals surface area contributed by atoms with Crippen molar-refractivity contribution in [1.82, 2.24) is 0 Å². The van der Waals surface area contributed by atoms with Gasteiger partial charge in [0.1, 0.15) is 0 Å². The summed E-state index contributed by atoms with van der Waals surface area (Å²) in [5.74, 6) is 0. The van der Waals surface area contributed by atoms with Crippen LogP contribution in [0.3, 0.4) is 0 Å². The largest absolute Gasteiger partial charge is 0.324 e. The molecular weight excluding hydrogens is 285 g/mol. The molecule has 1 nitrogen and oxygen atoms in total. The molecule has 0 saturated carbocycles. The average Bonchev–Trinajstić information content (AvgIpc) is 2.33. The first-order valence-electron chi connectivity index (χ1n) is 5.45. The third-order valence-electron chi connectivity index (χ3n) is 2.45. The summed E-state index contributed by atoms with van der Waals surface area (Å²) < 4.78 is 0. The summed E-state index contributed by atoms with van der Waals surface area (Å²) in [7, 11) is 0. The van der Waals surface area contributed by atoms with Crippen LogP contribution in [0.4, 0.5) is 0 Å². The fourth-order valence-electron chi connectivity index (χ4n) is 1.50. The topological polar surface area (TPSA) is 26.0 Å². The second-order valence-corrected chi connectivity index (χ2v) is 5.42. The zero-order chi connectivity index (χ0) is 12.3. The summed E-state index contributed by atoms with van der Waals surface area (Å²) in [5.41, 5.74) is 6.88. The molecule has 0 aliphatic heterocycles. The summed E-state index contributed by atoms with van der Waals surface area (Å²) in [5, 5.41) is 0.758. The van der Waals surface area contributed by atoms with Crippen LogP contribution in [0.1, 0.15) is 18.5 Å². The molecule has 0 bridgehead atoms. The van der Waals surface area contributed by atoms with Gasteiger partial charge >= 0.3 is 0 Å². The average molecular weight is 300 g/mol. The summed E-state index contributed by atoms with van der Waals surface area (Å²) >= 11 is 7.91. The standard InChI is InChI=1S/C14H14ClNS.ClH/c1-10(16)11-7-8-14(13(15)9-11)17-12-5-3-2-4-6-12;/h2-10H,16H2,1H3;1H. The Kier molecular flexibility index (Phi) is 6.03. The van der Waals surface area contributed by atoms with Crippen LogP contribution in [0.15, 0.2) is 58.3 Å². The van der Waals surface area contributed by atoms with Gasteiger partial charge in [-0.15, -0.1) is 12.4 Å². The minimum atomic E-state index is 0. The highest BCUT2D eigenvalue weighted by Gasteiger charge is 2.06. The third kappa shape index (κ3) is 3.92. The summed E-state index contributed by atoms with van der Waals surface area (Å²) in [6.45, 7) is 1.95. The molecule has 0 radical (unpaired) electrons. The normalized spacial score (nSPS) is 11.7. The summed E-state index contributed by atoms with van der Waals surface area (Å²) in [6, 6.07) is 16.2. The van der Waals surface area contributed by atoms with E-state index in [1.165, 1.54) is 4.90 Å². The van der Waals surface area contributed by atoms with Crippen molar-refractivity contribution in [3.05, 3.63) is 59.1 Å². The summed E-state index contributed by atoms with van der Waals surface area (Å²) in [6.07, 6.45) is 0. The lowest BCUT2D eigenvalue weighted by Crippen LogP contribution is -2.04. The number of halogens is 2. The Morgan fingerprint density at radius 2 is 1.78 bits per heavy atom. The lowest BCUT2D eigenvalue weighted by Gasteiger charge is -2.09. The van der Waals surface area contributed by atoms with Gasteiger partial charge in [-0.1, -0.05) is 47.6 Å². The Hall–Kier alpha value is -0.670. The van der Waals surface area contributed by atoms with Gasteiger partial charge in [0.05, 0.1) is 5.02 Å². The van der Waals surface area contributed by atoms with E-state index in [1.807, 2.05) is 43.3 Å². The molecule has 0 aliphatic carbocycles. The van der Waals surface area contributed by atoms with Gasteiger partial charge in [0, 0.05) is 15.8 Å². The van der Waals surface area contributed by atoms with E-state index in [9.17, 15) is 0 Å². The van der Waals surface area contributed by atoms with Gasteiger partial charge in [-0.05, 0) is 36.8 Å². The number of nitrogens with two attached hydrogens (primary N) is 1. The van der Waals surface area contributed by atoms with Crippen LogP contribution in [0.25, 0.3) is 0 Å². The Balaban J connectivity index is 0.00000162. The van der Waals surface area contributed by atoms with Gasteiger partial charge < -0.3 is 5.73 Å². The molecule has 1 unspecified atom stereocenters.